The lowest BCUT2D eigenvalue weighted by Gasteiger charge is -2.34. The van der Waals surface area contributed by atoms with Gasteiger partial charge in [-0.15, -0.1) is 0 Å². The Balaban J connectivity index is 1.42. The van der Waals surface area contributed by atoms with Crippen LogP contribution in [0.5, 0.6) is 5.75 Å². The molecule has 0 saturated carbocycles. The number of amides is 1. The highest BCUT2D eigenvalue weighted by atomic mass is 16.5. The van der Waals surface area contributed by atoms with E-state index in [1.165, 1.54) is 0 Å². The molecule has 1 fully saturated rings. The number of carbonyl (C=O) groups excluding carboxylic acids is 1. The van der Waals surface area contributed by atoms with Gasteiger partial charge in [0.15, 0.2) is 0 Å². The molecule has 1 aliphatic heterocycles. The number of carbonyl (C=O) groups is 2. The molecule has 2 aromatic carbocycles. The van der Waals surface area contributed by atoms with Crippen molar-refractivity contribution >= 4 is 17.6 Å². The van der Waals surface area contributed by atoms with Crippen LogP contribution in [0.15, 0.2) is 48.5 Å². The molecule has 2 N–H and O–H groups in total. The van der Waals surface area contributed by atoms with Gasteiger partial charge in [-0.2, -0.15) is 0 Å². The normalized spacial score (nSPS) is 15.1. The van der Waals surface area contributed by atoms with E-state index in [2.05, 4.69) is 15.1 Å². The maximum atomic E-state index is 12.3. The van der Waals surface area contributed by atoms with Gasteiger partial charge >= 0.3 is 5.97 Å². The average Bonchev–Trinajstić information content (AvgIpc) is 2.71. The van der Waals surface area contributed by atoms with Crippen molar-refractivity contribution in [1.29, 1.82) is 0 Å². The number of carboxylic acids is 1. The van der Waals surface area contributed by atoms with Crippen LogP contribution in [0.2, 0.25) is 0 Å². The van der Waals surface area contributed by atoms with Gasteiger partial charge in [0, 0.05) is 38.4 Å². The predicted octanol–water partition coefficient (Wildman–Crippen LogP) is 2.54. The van der Waals surface area contributed by atoms with E-state index in [0.29, 0.717) is 25.3 Å². The van der Waals surface area contributed by atoms with Crippen LogP contribution >= 0.6 is 0 Å². The third-order valence-corrected chi connectivity index (χ3v) is 4.86. The van der Waals surface area contributed by atoms with Gasteiger partial charge < -0.3 is 15.2 Å². The number of nitrogens with zero attached hydrogens (tertiary/aromatic N) is 2. The second-order valence-corrected chi connectivity index (χ2v) is 7.06. The van der Waals surface area contributed by atoms with Crippen molar-refractivity contribution in [3.8, 4) is 5.75 Å². The first-order valence-electron chi connectivity index (χ1n) is 9.83. The highest BCUT2D eigenvalue weighted by Gasteiger charge is 2.19. The minimum Gasteiger partial charge on any atom is -0.494 e. The van der Waals surface area contributed by atoms with E-state index in [1.807, 2.05) is 37.3 Å². The number of aromatic carboxylic acids is 1. The zero-order valence-corrected chi connectivity index (χ0v) is 16.6. The summed E-state index contributed by atoms with van der Waals surface area (Å²) in [5.74, 6) is -0.150. The van der Waals surface area contributed by atoms with Crippen LogP contribution in [0.1, 0.15) is 22.8 Å². The lowest BCUT2D eigenvalue weighted by atomic mass is 10.1. The molecule has 0 aromatic heterocycles. The molecule has 0 aliphatic carbocycles. The van der Waals surface area contributed by atoms with E-state index in [0.717, 1.165) is 43.2 Å². The summed E-state index contributed by atoms with van der Waals surface area (Å²) in [4.78, 5) is 27.8. The van der Waals surface area contributed by atoms with E-state index in [9.17, 15) is 9.59 Å². The van der Waals surface area contributed by atoms with Crippen LogP contribution in [0.4, 0.5) is 5.69 Å². The Kier molecular flexibility index (Phi) is 7.21. The summed E-state index contributed by atoms with van der Waals surface area (Å²) in [6.07, 6.45) is 0. The Morgan fingerprint density at radius 3 is 2.38 bits per heavy atom. The van der Waals surface area contributed by atoms with Crippen molar-refractivity contribution in [2.24, 2.45) is 0 Å². The zero-order chi connectivity index (χ0) is 20.6. The van der Waals surface area contributed by atoms with Crippen molar-refractivity contribution in [1.82, 2.24) is 9.80 Å². The summed E-state index contributed by atoms with van der Waals surface area (Å²) in [6, 6.07) is 14.4. The van der Waals surface area contributed by atoms with Crippen LogP contribution in [0, 0.1) is 0 Å². The van der Waals surface area contributed by atoms with Gasteiger partial charge in [0.05, 0.1) is 18.7 Å². The number of ether oxygens (including phenoxy) is 1. The lowest BCUT2D eigenvalue weighted by molar-refractivity contribution is -0.117. The number of anilines is 1. The topological polar surface area (TPSA) is 82.1 Å². The molecule has 1 aliphatic rings. The van der Waals surface area contributed by atoms with Crippen LogP contribution in [-0.4, -0.2) is 66.1 Å². The number of carboxylic acid groups (broad SMARTS) is 1. The van der Waals surface area contributed by atoms with Crippen molar-refractivity contribution in [2.45, 2.75) is 13.5 Å². The summed E-state index contributed by atoms with van der Waals surface area (Å²) in [7, 11) is 0. The number of rotatable bonds is 8. The Bertz CT molecular complexity index is 830. The van der Waals surface area contributed by atoms with Crippen molar-refractivity contribution in [3.05, 3.63) is 59.7 Å². The van der Waals surface area contributed by atoms with E-state index in [1.54, 1.807) is 18.2 Å². The molecule has 29 heavy (non-hydrogen) atoms. The molecule has 7 nitrogen and oxygen atoms in total. The van der Waals surface area contributed by atoms with Gasteiger partial charge in [0.25, 0.3) is 0 Å². The van der Waals surface area contributed by atoms with Gasteiger partial charge in [-0.1, -0.05) is 12.1 Å². The molecule has 0 bridgehead atoms. The van der Waals surface area contributed by atoms with Crippen molar-refractivity contribution < 1.29 is 19.4 Å². The largest absolute Gasteiger partial charge is 0.494 e. The summed E-state index contributed by atoms with van der Waals surface area (Å²) in [5, 5.41) is 12.0. The van der Waals surface area contributed by atoms with Crippen molar-refractivity contribution in [2.75, 3.05) is 44.6 Å². The molecule has 0 radical (unpaired) electrons. The smallest absolute Gasteiger partial charge is 0.335 e. The van der Waals surface area contributed by atoms with Gasteiger partial charge in [-0.25, -0.2) is 4.79 Å². The Hall–Kier alpha value is -2.90. The number of hydrogen-bond acceptors (Lipinski definition) is 5. The molecule has 1 heterocycles. The number of nitrogens with one attached hydrogen (secondary N) is 1. The standard InChI is InChI=1S/C22H27N3O4/c1-2-29-20-8-6-19(7-9-20)23-21(26)16-25-12-10-24(11-13-25)15-17-4-3-5-18(14-17)22(27)28/h3-9,14H,2,10-13,15-16H2,1H3,(H,23,26)(H,27,28). The van der Waals surface area contributed by atoms with Gasteiger partial charge in [0.1, 0.15) is 5.75 Å². The van der Waals surface area contributed by atoms with E-state index in [4.69, 9.17) is 9.84 Å². The number of piperazine rings is 1. The maximum Gasteiger partial charge on any atom is 0.335 e. The molecule has 3 rings (SSSR count). The number of benzene rings is 2. The summed E-state index contributed by atoms with van der Waals surface area (Å²) < 4.78 is 5.40. The minimum absolute atomic E-state index is 0.0308. The highest BCUT2D eigenvalue weighted by Crippen LogP contribution is 2.16. The predicted molar refractivity (Wildman–Crippen MR) is 111 cm³/mol. The molecule has 154 valence electrons. The Morgan fingerprint density at radius 1 is 1.03 bits per heavy atom. The summed E-state index contributed by atoms with van der Waals surface area (Å²) in [6.45, 7) is 6.90. The zero-order valence-electron chi connectivity index (χ0n) is 16.6. The van der Waals surface area contributed by atoms with Crippen molar-refractivity contribution in [3.63, 3.8) is 0 Å². The fraction of sp³-hybridized carbons (Fsp3) is 0.364. The molecule has 7 heteroatoms. The lowest BCUT2D eigenvalue weighted by Crippen LogP contribution is -2.48. The first-order chi connectivity index (χ1) is 14.0. The highest BCUT2D eigenvalue weighted by molar-refractivity contribution is 5.92. The molecule has 1 saturated heterocycles. The Morgan fingerprint density at radius 2 is 1.72 bits per heavy atom. The first kappa shape index (κ1) is 20.8. The quantitative estimate of drug-likeness (QED) is 0.712. The first-order valence-corrected chi connectivity index (χ1v) is 9.83. The van der Waals surface area contributed by atoms with E-state index in [-0.39, 0.29) is 5.91 Å². The molecule has 1 amide bonds. The SMILES string of the molecule is CCOc1ccc(NC(=O)CN2CCN(Cc3cccc(C(=O)O)c3)CC2)cc1. The summed E-state index contributed by atoms with van der Waals surface area (Å²) >= 11 is 0. The molecule has 2 aromatic rings. The molecular formula is C22H27N3O4. The molecule has 0 unspecified atom stereocenters. The third-order valence-electron chi connectivity index (χ3n) is 4.86. The number of hydrogen-bond donors (Lipinski definition) is 2. The Labute approximate surface area is 170 Å². The van der Waals surface area contributed by atoms with Crippen LogP contribution in [-0.2, 0) is 11.3 Å². The van der Waals surface area contributed by atoms with Gasteiger partial charge in [0.2, 0.25) is 5.91 Å². The van der Waals surface area contributed by atoms with Crippen LogP contribution in [0.3, 0.4) is 0 Å². The molecule has 0 spiro atoms. The minimum atomic E-state index is -0.907. The fourth-order valence-electron chi connectivity index (χ4n) is 3.37. The monoisotopic (exact) mass is 397 g/mol. The van der Waals surface area contributed by atoms with E-state index < -0.39 is 5.97 Å². The average molecular weight is 397 g/mol. The van der Waals surface area contributed by atoms with Crippen LogP contribution in [0.25, 0.3) is 0 Å². The van der Waals surface area contributed by atoms with Gasteiger partial charge in [-0.05, 0) is 48.9 Å². The van der Waals surface area contributed by atoms with E-state index >= 15 is 0 Å². The summed E-state index contributed by atoms with van der Waals surface area (Å²) in [5.41, 5.74) is 2.06. The van der Waals surface area contributed by atoms with Crippen LogP contribution < -0.4 is 10.1 Å². The van der Waals surface area contributed by atoms with Gasteiger partial charge in [-0.3, -0.25) is 14.6 Å². The third kappa shape index (κ3) is 6.30. The molecular weight excluding hydrogens is 370 g/mol. The second kappa shape index (κ2) is 10.0. The fourth-order valence-corrected chi connectivity index (χ4v) is 3.37. The molecule has 0 atom stereocenters. The maximum absolute atomic E-state index is 12.3. The second-order valence-electron chi connectivity index (χ2n) is 7.06.